The lowest BCUT2D eigenvalue weighted by molar-refractivity contribution is -0.165. The summed E-state index contributed by atoms with van der Waals surface area (Å²) in [4.78, 5) is 49.4. The van der Waals surface area contributed by atoms with E-state index in [0.29, 0.717) is 29.5 Å². The molecule has 0 aliphatic heterocycles. The van der Waals surface area contributed by atoms with Gasteiger partial charge in [0.1, 0.15) is 5.41 Å². The number of Topliss-reactive ketones (excluding diaryl/α,β-unsaturated/α-hetero) is 2. The van der Waals surface area contributed by atoms with Gasteiger partial charge in [-0.1, -0.05) is 48.5 Å². The molecule has 2 N–H and O–H groups in total. The first kappa shape index (κ1) is 17.1. The second-order valence-electron chi connectivity index (χ2n) is 7.07. The van der Waals surface area contributed by atoms with Crippen LogP contribution in [0.5, 0.6) is 0 Å². The van der Waals surface area contributed by atoms with E-state index in [1.165, 1.54) is 0 Å². The van der Waals surface area contributed by atoms with Gasteiger partial charge in [-0.05, 0) is 41.5 Å². The number of carboxylic acid groups (broad SMARTS) is 2. The highest BCUT2D eigenvalue weighted by atomic mass is 16.4. The number of hydrogen-bond donors (Lipinski definition) is 2. The molecule has 0 bridgehead atoms. The van der Waals surface area contributed by atoms with Crippen LogP contribution in [0.15, 0.2) is 48.5 Å². The number of benzene rings is 2. The van der Waals surface area contributed by atoms with Crippen molar-refractivity contribution in [2.75, 3.05) is 0 Å². The van der Waals surface area contributed by atoms with Crippen LogP contribution in [0.2, 0.25) is 0 Å². The Hall–Kier alpha value is -3.28. The van der Waals surface area contributed by atoms with Crippen LogP contribution < -0.4 is 0 Å². The number of rotatable bonds is 4. The third-order valence-corrected chi connectivity index (χ3v) is 6.07. The molecule has 2 aromatic carbocycles. The zero-order valence-corrected chi connectivity index (χ0v) is 14.3. The number of aliphatic carboxylic acids is 2. The summed E-state index contributed by atoms with van der Waals surface area (Å²) < 4.78 is 0. The molecule has 0 heterocycles. The van der Waals surface area contributed by atoms with E-state index in [0.717, 1.165) is 5.56 Å². The molecule has 0 aromatic heterocycles. The molecular formula is C21H16O6. The van der Waals surface area contributed by atoms with Crippen molar-refractivity contribution in [2.24, 2.45) is 5.41 Å². The van der Waals surface area contributed by atoms with Gasteiger partial charge in [0.2, 0.25) is 0 Å². The summed E-state index contributed by atoms with van der Waals surface area (Å²) in [5.74, 6) is -6.30. The van der Waals surface area contributed by atoms with Crippen molar-refractivity contribution in [3.8, 4) is 0 Å². The number of hydrogen-bond acceptors (Lipinski definition) is 4. The zero-order valence-electron chi connectivity index (χ0n) is 14.3. The Kier molecular flexibility index (Phi) is 3.56. The van der Waals surface area contributed by atoms with Gasteiger partial charge < -0.3 is 10.2 Å². The highest BCUT2D eigenvalue weighted by molar-refractivity contribution is 6.49. The molecule has 2 aromatic rings. The van der Waals surface area contributed by atoms with Crippen molar-refractivity contribution < 1.29 is 29.4 Å². The number of carbonyl (C=O) groups is 4. The molecule has 6 heteroatoms. The number of carbonyl (C=O) groups excluding carboxylic acids is 2. The summed E-state index contributed by atoms with van der Waals surface area (Å²) in [6.45, 7) is 0. The van der Waals surface area contributed by atoms with Crippen molar-refractivity contribution in [3.63, 3.8) is 0 Å². The van der Waals surface area contributed by atoms with Gasteiger partial charge in [0.15, 0.2) is 0 Å². The molecule has 0 radical (unpaired) electrons. The maximum Gasteiger partial charge on any atom is 0.373 e. The number of ketones is 2. The lowest BCUT2D eigenvalue weighted by atomic mass is 9.56. The number of fused-ring (bicyclic) bond motifs is 4. The van der Waals surface area contributed by atoms with Crippen LogP contribution in [-0.4, -0.2) is 33.7 Å². The van der Waals surface area contributed by atoms with Gasteiger partial charge in [0, 0.05) is 5.41 Å². The van der Waals surface area contributed by atoms with Crippen LogP contribution in [-0.2, 0) is 37.4 Å². The maximum atomic E-state index is 13.0. The summed E-state index contributed by atoms with van der Waals surface area (Å²) >= 11 is 0. The lowest BCUT2D eigenvalue weighted by Gasteiger charge is -2.40. The second-order valence-corrected chi connectivity index (χ2v) is 7.07. The third-order valence-electron chi connectivity index (χ3n) is 6.07. The molecule has 2 aliphatic rings. The van der Waals surface area contributed by atoms with Gasteiger partial charge in [-0.25, -0.2) is 9.59 Å². The van der Waals surface area contributed by atoms with Crippen molar-refractivity contribution >= 4 is 23.5 Å². The minimum absolute atomic E-state index is 0.228. The quantitative estimate of drug-likeness (QED) is 0.632. The summed E-state index contributed by atoms with van der Waals surface area (Å²) in [7, 11) is 0. The second kappa shape index (κ2) is 5.61. The van der Waals surface area contributed by atoms with Crippen molar-refractivity contribution in [1.29, 1.82) is 0 Å². The Morgan fingerprint density at radius 2 is 1.22 bits per heavy atom. The van der Waals surface area contributed by atoms with Gasteiger partial charge >= 0.3 is 11.9 Å². The molecule has 0 saturated carbocycles. The Bertz CT molecular complexity index is 982. The Balaban J connectivity index is 2.14. The monoisotopic (exact) mass is 364 g/mol. The normalized spacial score (nSPS) is 21.5. The van der Waals surface area contributed by atoms with Crippen LogP contribution in [0.25, 0.3) is 0 Å². The van der Waals surface area contributed by atoms with Gasteiger partial charge in [-0.2, -0.15) is 0 Å². The first-order valence-corrected chi connectivity index (χ1v) is 8.58. The van der Waals surface area contributed by atoms with Crippen molar-refractivity contribution in [2.45, 2.75) is 24.7 Å². The average molecular weight is 364 g/mol. The first-order valence-electron chi connectivity index (χ1n) is 8.58. The molecule has 0 fully saturated rings. The van der Waals surface area contributed by atoms with E-state index in [1.807, 2.05) is 12.1 Å². The summed E-state index contributed by atoms with van der Waals surface area (Å²) in [6, 6.07) is 14.2. The topological polar surface area (TPSA) is 109 Å². The third kappa shape index (κ3) is 1.95. The van der Waals surface area contributed by atoms with E-state index in [4.69, 9.17) is 0 Å². The van der Waals surface area contributed by atoms with Crippen LogP contribution in [0.3, 0.4) is 0 Å². The predicted molar refractivity (Wildman–Crippen MR) is 93.4 cm³/mol. The molecule has 1 spiro atoms. The van der Waals surface area contributed by atoms with E-state index in [2.05, 4.69) is 0 Å². The lowest BCUT2D eigenvalue weighted by Crippen LogP contribution is -2.57. The molecule has 2 aliphatic carbocycles. The van der Waals surface area contributed by atoms with Crippen LogP contribution in [0.4, 0.5) is 0 Å². The highest BCUT2D eigenvalue weighted by Gasteiger charge is 2.70. The smallest absolute Gasteiger partial charge is 0.373 e. The molecule has 136 valence electrons. The molecule has 6 nitrogen and oxygen atoms in total. The molecule has 27 heavy (non-hydrogen) atoms. The van der Waals surface area contributed by atoms with Crippen molar-refractivity contribution in [3.05, 3.63) is 70.8 Å². The summed E-state index contributed by atoms with van der Waals surface area (Å²) in [5, 5.41) is 19.0. The standard InChI is InChI=1S/C21H16O6/c22-16(18(24)25)21(17(23)19(26)27)11-13-6-2-4-8-15(13)20(21)10-9-12-5-1-3-7-14(12)20/h1-8H,9-11H2,(H,24,25)(H,26,27). The van der Waals surface area contributed by atoms with Crippen LogP contribution in [0, 0.1) is 5.41 Å². The van der Waals surface area contributed by atoms with E-state index in [-0.39, 0.29) is 6.42 Å². The molecule has 4 rings (SSSR count). The van der Waals surface area contributed by atoms with Gasteiger partial charge in [0.05, 0.1) is 0 Å². The van der Waals surface area contributed by atoms with Gasteiger partial charge in [0.25, 0.3) is 11.6 Å². The Labute approximate surface area is 154 Å². The highest BCUT2D eigenvalue weighted by Crippen LogP contribution is 2.62. The minimum atomic E-state index is -2.19. The van der Waals surface area contributed by atoms with E-state index >= 15 is 0 Å². The van der Waals surface area contributed by atoms with Crippen LogP contribution in [0.1, 0.15) is 28.7 Å². The number of carboxylic acids is 2. The fourth-order valence-corrected chi connectivity index (χ4v) is 5.11. The fourth-order valence-electron chi connectivity index (χ4n) is 5.11. The van der Waals surface area contributed by atoms with Crippen molar-refractivity contribution in [1.82, 2.24) is 0 Å². The Morgan fingerprint density at radius 3 is 1.78 bits per heavy atom. The molecule has 0 saturated heterocycles. The molecule has 1 unspecified atom stereocenters. The zero-order chi connectivity index (χ0) is 19.4. The Morgan fingerprint density at radius 1 is 0.741 bits per heavy atom. The minimum Gasteiger partial charge on any atom is -0.475 e. The van der Waals surface area contributed by atoms with Crippen LogP contribution >= 0.6 is 0 Å². The first-order chi connectivity index (χ1) is 12.9. The van der Waals surface area contributed by atoms with Gasteiger partial charge in [-0.3, -0.25) is 9.59 Å². The number of aryl methyl sites for hydroxylation is 1. The molecule has 0 amide bonds. The average Bonchev–Trinajstić information content (AvgIpc) is 3.19. The predicted octanol–water partition coefficient (Wildman–Crippen LogP) is 1.77. The largest absolute Gasteiger partial charge is 0.475 e. The van der Waals surface area contributed by atoms with Gasteiger partial charge in [-0.15, -0.1) is 0 Å². The van der Waals surface area contributed by atoms with E-state index in [1.54, 1.807) is 36.4 Å². The van der Waals surface area contributed by atoms with E-state index in [9.17, 15) is 29.4 Å². The fraction of sp³-hybridized carbons (Fsp3) is 0.238. The summed E-state index contributed by atoms with van der Waals surface area (Å²) in [5.41, 5.74) is -0.613. The SMILES string of the molecule is O=C(O)C(=O)C1(C(=O)C(=O)O)Cc2ccccc2C12CCc1ccccc12. The molecule has 1 atom stereocenters. The van der Waals surface area contributed by atoms with E-state index < -0.39 is 34.3 Å². The maximum absolute atomic E-state index is 13.0. The molecular weight excluding hydrogens is 348 g/mol. The summed E-state index contributed by atoms with van der Waals surface area (Å²) in [6.07, 6.45) is 0.612.